The summed E-state index contributed by atoms with van der Waals surface area (Å²) in [7, 11) is 0. The van der Waals surface area contributed by atoms with Crippen molar-refractivity contribution >= 4 is 6.72 Å². The average Bonchev–Trinajstić information content (AvgIpc) is 2.02. The van der Waals surface area contributed by atoms with Crippen molar-refractivity contribution in [3.05, 3.63) is 12.3 Å². The Hall–Kier alpha value is -0.870. The molecule has 0 aromatic rings. The molecular weight excluding hydrogens is 154 g/mol. The number of rotatable bonds is 8. The van der Waals surface area contributed by atoms with Crippen LogP contribution >= 0.6 is 0 Å². The molecule has 0 aliphatic rings. The largest absolute Gasteiger partial charge is 0.512 e. The number of aliphatic hydroxyl groups is 1. The van der Waals surface area contributed by atoms with Crippen LogP contribution in [0.4, 0.5) is 0 Å². The summed E-state index contributed by atoms with van der Waals surface area (Å²) in [4.78, 5) is 3.69. The van der Waals surface area contributed by atoms with Crippen LogP contribution in [0.2, 0.25) is 0 Å². The molecule has 0 amide bonds. The monoisotopic (exact) mass is 171 g/mol. The van der Waals surface area contributed by atoms with Crippen LogP contribution in [-0.2, 0) is 0 Å². The van der Waals surface area contributed by atoms with E-state index in [9.17, 15) is 0 Å². The molecule has 0 aromatic heterocycles. The van der Waals surface area contributed by atoms with E-state index in [1.165, 1.54) is 0 Å². The maximum absolute atomic E-state index is 8.69. The van der Waals surface area contributed by atoms with E-state index in [1.54, 1.807) is 0 Å². The van der Waals surface area contributed by atoms with Crippen molar-refractivity contribution in [3.63, 3.8) is 0 Å². The summed E-state index contributed by atoms with van der Waals surface area (Å²) in [6.07, 6.45) is 0. The molecule has 70 valence electrons. The minimum atomic E-state index is 0.169. The third-order valence-electron chi connectivity index (χ3n) is 1.25. The molecule has 0 saturated heterocycles. The van der Waals surface area contributed by atoms with Crippen LogP contribution in [0.15, 0.2) is 17.3 Å². The molecule has 0 aliphatic heterocycles. The lowest BCUT2D eigenvalue weighted by Gasteiger charge is -2.03. The molecule has 0 saturated carbocycles. The Balaban J connectivity index is 2.90. The fourth-order valence-electron chi connectivity index (χ4n) is 0.693. The van der Waals surface area contributed by atoms with Gasteiger partial charge in [0.05, 0.1) is 18.8 Å². The van der Waals surface area contributed by atoms with Crippen molar-refractivity contribution in [2.24, 2.45) is 4.99 Å². The van der Waals surface area contributed by atoms with Gasteiger partial charge in [0.1, 0.15) is 0 Å². The van der Waals surface area contributed by atoms with Crippen molar-refractivity contribution in [3.8, 4) is 0 Å². The molecule has 4 nitrogen and oxygen atoms in total. The van der Waals surface area contributed by atoms with Gasteiger partial charge < -0.3 is 15.7 Å². The first kappa shape index (κ1) is 11.1. The number of aliphatic imine (C=N–C) groups is 1. The van der Waals surface area contributed by atoms with E-state index in [-0.39, 0.29) is 5.76 Å². The van der Waals surface area contributed by atoms with Gasteiger partial charge in [0.25, 0.3) is 0 Å². The van der Waals surface area contributed by atoms with E-state index in [4.69, 9.17) is 5.11 Å². The van der Waals surface area contributed by atoms with Crippen LogP contribution in [0.3, 0.4) is 0 Å². The normalized spacial score (nSPS) is 9.67. The smallest absolute Gasteiger partial charge is 0.0988 e. The Kier molecular flexibility index (Phi) is 7.63. The van der Waals surface area contributed by atoms with E-state index in [0.29, 0.717) is 6.54 Å². The molecule has 4 heteroatoms. The number of hydrogen-bond acceptors (Lipinski definition) is 4. The molecular formula is C8H17N3O. The van der Waals surface area contributed by atoms with Crippen molar-refractivity contribution < 1.29 is 5.11 Å². The van der Waals surface area contributed by atoms with Gasteiger partial charge in [-0.05, 0) is 6.72 Å². The zero-order valence-corrected chi connectivity index (χ0v) is 7.34. The Morgan fingerprint density at radius 1 is 1.25 bits per heavy atom. The molecule has 3 N–H and O–H groups in total. The third kappa shape index (κ3) is 9.13. The number of hydrogen-bond donors (Lipinski definition) is 3. The Morgan fingerprint density at radius 3 is 2.50 bits per heavy atom. The maximum Gasteiger partial charge on any atom is 0.0988 e. The highest BCUT2D eigenvalue weighted by molar-refractivity contribution is 5.23. The lowest BCUT2D eigenvalue weighted by Crippen LogP contribution is -2.29. The number of aliphatic hydroxyl groups excluding tert-OH is 1. The Morgan fingerprint density at radius 2 is 1.92 bits per heavy atom. The van der Waals surface area contributed by atoms with E-state index in [2.05, 4.69) is 28.9 Å². The number of nitrogens with zero attached hydrogens (tertiary/aromatic N) is 1. The second-order valence-electron chi connectivity index (χ2n) is 2.44. The van der Waals surface area contributed by atoms with Crippen molar-refractivity contribution in [2.75, 3.05) is 32.7 Å². The molecule has 0 spiro atoms. The topological polar surface area (TPSA) is 56.7 Å². The van der Waals surface area contributed by atoms with Gasteiger partial charge in [0.2, 0.25) is 0 Å². The van der Waals surface area contributed by atoms with Gasteiger partial charge in [0.15, 0.2) is 0 Å². The van der Waals surface area contributed by atoms with E-state index in [0.717, 1.165) is 26.2 Å². The van der Waals surface area contributed by atoms with Crippen LogP contribution < -0.4 is 10.6 Å². The first-order valence-corrected chi connectivity index (χ1v) is 3.98. The van der Waals surface area contributed by atoms with Gasteiger partial charge in [-0.3, -0.25) is 4.99 Å². The molecule has 0 fully saturated rings. The minimum absolute atomic E-state index is 0.169. The molecule has 0 aliphatic carbocycles. The van der Waals surface area contributed by atoms with Crippen LogP contribution in [0.25, 0.3) is 0 Å². The van der Waals surface area contributed by atoms with Crippen LogP contribution in [0.5, 0.6) is 0 Å². The van der Waals surface area contributed by atoms with Gasteiger partial charge in [-0.1, -0.05) is 6.58 Å². The van der Waals surface area contributed by atoms with Gasteiger partial charge in [-0.25, -0.2) is 0 Å². The molecule has 0 rings (SSSR count). The summed E-state index contributed by atoms with van der Waals surface area (Å²) in [5, 5.41) is 14.8. The predicted octanol–water partition coefficient (Wildman–Crippen LogP) is -0.0621. The van der Waals surface area contributed by atoms with Crippen molar-refractivity contribution in [2.45, 2.75) is 0 Å². The Labute approximate surface area is 73.4 Å². The summed E-state index contributed by atoms with van der Waals surface area (Å²) < 4.78 is 0. The maximum atomic E-state index is 8.69. The summed E-state index contributed by atoms with van der Waals surface area (Å²) in [6, 6.07) is 0. The highest BCUT2D eigenvalue weighted by Crippen LogP contribution is 1.74. The highest BCUT2D eigenvalue weighted by Gasteiger charge is 1.88. The molecule has 0 atom stereocenters. The first-order chi connectivity index (χ1) is 5.77. The Bertz CT molecular complexity index is 136. The fourth-order valence-corrected chi connectivity index (χ4v) is 0.693. The summed E-state index contributed by atoms with van der Waals surface area (Å²) in [5.41, 5.74) is 0. The van der Waals surface area contributed by atoms with Crippen LogP contribution in [0.1, 0.15) is 0 Å². The molecule has 12 heavy (non-hydrogen) atoms. The van der Waals surface area contributed by atoms with Gasteiger partial charge in [-0.2, -0.15) is 0 Å². The van der Waals surface area contributed by atoms with E-state index in [1.807, 2.05) is 0 Å². The third-order valence-corrected chi connectivity index (χ3v) is 1.25. The van der Waals surface area contributed by atoms with Crippen LogP contribution in [0, 0.1) is 0 Å². The molecule has 0 radical (unpaired) electrons. The zero-order chi connectivity index (χ0) is 9.23. The van der Waals surface area contributed by atoms with Gasteiger partial charge >= 0.3 is 0 Å². The average molecular weight is 171 g/mol. The quantitative estimate of drug-likeness (QED) is 0.272. The van der Waals surface area contributed by atoms with Gasteiger partial charge in [-0.15, -0.1) is 0 Å². The van der Waals surface area contributed by atoms with Gasteiger partial charge in [0, 0.05) is 19.6 Å². The summed E-state index contributed by atoms with van der Waals surface area (Å²) in [6.45, 7) is 10.5. The van der Waals surface area contributed by atoms with Crippen molar-refractivity contribution in [1.82, 2.24) is 10.6 Å². The second-order valence-corrected chi connectivity index (χ2v) is 2.44. The lowest BCUT2D eigenvalue weighted by atomic mass is 10.5. The fraction of sp³-hybridized carbons (Fsp3) is 0.625. The summed E-state index contributed by atoms with van der Waals surface area (Å²) in [5.74, 6) is 0.169. The van der Waals surface area contributed by atoms with E-state index >= 15 is 0 Å². The lowest BCUT2D eigenvalue weighted by molar-refractivity contribution is 0.391. The standard InChI is InChI=1S/C8H17N3O/c1-8(12)7-11-6-5-10-4-3-9-2/h10-12H,1-7H2. The van der Waals surface area contributed by atoms with Crippen LogP contribution in [-0.4, -0.2) is 44.5 Å². The molecule has 0 bridgehead atoms. The minimum Gasteiger partial charge on any atom is -0.512 e. The first-order valence-electron chi connectivity index (χ1n) is 3.98. The van der Waals surface area contributed by atoms with E-state index < -0.39 is 0 Å². The SMILES string of the molecule is C=NCCNCCNCC(=C)O. The highest BCUT2D eigenvalue weighted by atomic mass is 16.3. The molecule has 0 heterocycles. The summed E-state index contributed by atoms with van der Waals surface area (Å²) >= 11 is 0. The zero-order valence-electron chi connectivity index (χ0n) is 7.34. The van der Waals surface area contributed by atoms with Crippen molar-refractivity contribution in [1.29, 1.82) is 0 Å². The number of nitrogens with one attached hydrogen (secondary N) is 2. The second kappa shape index (κ2) is 8.23. The molecule has 0 unspecified atom stereocenters. The molecule has 0 aromatic carbocycles. The predicted molar refractivity (Wildman–Crippen MR) is 51.9 cm³/mol.